The molecule has 1 heterocycles. The van der Waals surface area contributed by atoms with E-state index in [0.717, 1.165) is 47.9 Å². The maximum absolute atomic E-state index is 13.8. The summed E-state index contributed by atoms with van der Waals surface area (Å²) in [6.07, 6.45) is 2.73. The third-order valence-electron chi connectivity index (χ3n) is 6.03. The third kappa shape index (κ3) is 6.85. The summed E-state index contributed by atoms with van der Waals surface area (Å²) in [5, 5.41) is 3.42. The van der Waals surface area contributed by atoms with Crippen LogP contribution < -0.4 is 10.0 Å². The van der Waals surface area contributed by atoms with Crippen LogP contribution in [-0.4, -0.2) is 38.7 Å². The molecule has 0 amide bonds. The van der Waals surface area contributed by atoms with E-state index < -0.39 is 10.0 Å². The fraction of sp³-hybridized carbons (Fsp3) is 0.308. The Morgan fingerprint density at radius 2 is 1.71 bits per heavy atom. The quantitative estimate of drug-likeness (QED) is 0.448. The molecule has 0 aromatic heterocycles. The van der Waals surface area contributed by atoms with Gasteiger partial charge in [-0.25, -0.2) is 17.2 Å². The molecule has 0 aliphatic carbocycles. The summed E-state index contributed by atoms with van der Waals surface area (Å²) in [6.45, 7) is 2.74. The van der Waals surface area contributed by atoms with Gasteiger partial charge in [-0.3, -0.25) is 9.62 Å². The molecule has 0 spiro atoms. The number of hydrogen-bond donors (Lipinski definition) is 2. The van der Waals surface area contributed by atoms with Gasteiger partial charge in [-0.2, -0.15) is 0 Å². The summed E-state index contributed by atoms with van der Waals surface area (Å²) in [6, 6.07) is 19.1. The van der Waals surface area contributed by atoms with Gasteiger partial charge in [-0.1, -0.05) is 30.3 Å². The second-order valence-electron chi connectivity index (χ2n) is 8.82. The summed E-state index contributed by atoms with van der Waals surface area (Å²) in [7, 11) is -3.32. The van der Waals surface area contributed by atoms with Crippen LogP contribution in [-0.2, 0) is 36.0 Å². The average Bonchev–Trinajstić information content (AvgIpc) is 2.77. The van der Waals surface area contributed by atoms with Crippen molar-refractivity contribution in [3.05, 3.63) is 101 Å². The Balaban J connectivity index is 1.39. The Morgan fingerprint density at radius 3 is 2.47 bits per heavy atom. The standard InChI is InChI=1S/C26H29F2N3O2S/c1-34(32,33)30-25-4-2-3-20(13-25)17-29-11-12-31-18-22-15-24(28)10-7-21(22)16-26(31)14-19-5-8-23(27)9-6-19/h2-10,13,15,26,29-30H,11-12,14,16-18H2,1H3. The van der Waals surface area contributed by atoms with Gasteiger partial charge < -0.3 is 5.32 Å². The molecular formula is C26H29F2N3O2S. The predicted molar refractivity (Wildman–Crippen MR) is 131 cm³/mol. The zero-order valence-corrected chi connectivity index (χ0v) is 19.9. The molecule has 4 rings (SSSR count). The van der Waals surface area contributed by atoms with Gasteiger partial charge in [0, 0.05) is 37.9 Å². The molecule has 34 heavy (non-hydrogen) atoms. The first kappa shape index (κ1) is 24.3. The molecule has 1 aliphatic heterocycles. The first-order valence-electron chi connectivity index (χ1n) is 11.3. The van der Waals surface area contributed by atoms with Crippen molar-refractivity contribution in [2.45, 2.75) is 32.0 Å². The molecule has 1 atom stereocenters. The van der Waals surface area contributed by atoms with Crippen molar-refractivity contribution in [2.75, 3.05) is 24.1 Å². The molecule has 8 heteroatoms. The van der Waals surface area contributed by atoms with E-state index in [4.69, 9.17) is 0 Å². The highest BCUT2D eigenvalue weighted by atomic mass is 32.2. The number of nitrogens with one attached hydrogen (secondary N) is 2. The van der Waals surface area contributed by atoms with Crippen molar-refractivity contribution in [2.24, 2.45) is 0 Å². The van der Waals surface area contributed by atoms with E-state index in [1.54, 1.807) is 12.1 Å². The second-order valence-corrected chi connectivity index (χ2v) is 10.6. The van der Waals surface area contributed by atoms with Crippen LogP contribution in [0.5, 0.6) is 0 Å². The molecule has 2 N–H and O–H groups in total. The lowest BCUT2D eigenvalue weighted by molar-refractivity contribution is 0.170. The topological polar surface area (TPSA) is 61.4 Å². The molecule has 3 aromatic rings. The monoisotopic (exact) mass is 485 g/mol. The molecule has 0 saturated heterocycles. The maximum atomic E-state index is 13.8. The van der Waals surface area contributed by atoms with Crippen LogP contribution in [0.2, 0.25) is 0 Å². The number of halogens is 2. The van der Waals surface area contributed by atoms with E-state index in [0.29, 0.717) is 25.3 Å². The zero-order chi connectivity index (χ0) is 24.1. The Kier molecular flexibility index (Phi) is 7.60. The highest BCUT2D eigenvalue weighted by Gasteiger charge is 2.26. The van der Waals surface area contributed by atoms with E-state index in [1.165, 1.54) is 18.2 Å². The van der Waals surface area contributed by atoms with Crippen molar-refractivity contribution in [1.82, 2.24) is 10.2 Å². The van der Waals surface area contributed by atoms with Crippen molar-refractivity contribution in [3.63, 3.8) is 0 Å². The molecule has 5 nitrogen and oxygen atoms in total. The van der Waals surface area contributed by atoms with Gasteiger partial charge in [0.1, 0.15) is 11.6 Å². The largest absolute Gasteiger partial charge is 0.311 e. The van der Waals surface area contributed by atoms with Gasteiger partial charge in [0.05, 0.1) is 6.26 Å². The normalized spacial score (nSPS) is 16.3. The second kappa shape index (κ2) is 10.6. The summed E-state index contributed by atoms with van der Waals surface area (Å²) in [4.78, 5) is 2.35. The van der Waals surface area contributed by atoms with Gasteiger partial charge in [0.15, 0.2) is 0 Å². The number of nitrogens with zero attached hydrogens (tertiary/aromatic N) is 1. The summed E-state index contributed by atoms with van der Waals surface area (Å²) in [5.41, 5.74) is 4.76. The lowest BCUT2D eigenvalue weighted by atomic mass is 9.90. The van der Waals surface area contributed by atoms with Crippen LogP contribution in [0.15, 0.2) is 66.7 Å². The van der Waals surface area contributed by atoms with Crippen LogP contribution in [0.1, 0.15) is 22.3 Å². The van der Waals surface area contributed by atoms with Gasteiger partial charge >= 0.3 is 0 Å². The Morgan fingerprint density at radius 1 is 0.941 bits per heavy atom. The van der Waals surface area contributed by atoms with Crippen molar-refractivity contribution >= 4 is 15.7 Å². The minimum Gasteiger partial charge on any atom is -0.311 e. The van der Waals surface area contributed by atoms with Crippen LogP contribution in [0.4, 0.5) is 14.5 Å². The molecule has 1 aliphatic rings. The minimum atomic E-state index is -3.32. The van der Waals surface area contributed by atoms with Crippen molar-refractivity contribution in [1.29, 1.82) is 0 Å². The minimum absolute atomic E-state index is 0.226. The SMILES string of the molecule is CS(=O)(=O)Nc1cccc(CNCCN2Cc3cc(F)ccc3CC2Cc2ccc(F)cc2)c1. The van der Waals surface area contributed by atoms with Crippen molar-refractivity contribution in [3.8, 4) is 0 Å². The Labute approximate surface area is 199 Å². The number of benzene rings is 3. The van der Waals surface area contributed by atoms with E-state index in [2.05, 4.69) is 14.9 Å². The predicted octanol–water partition coefficient (Wildman–Crippen LogP) is 4.10. The Hall–Kier alpha value is -2.81. The molecule has 180 valence electrons. The zero-order valence-electron chi connectivity index (χ0n) is 19.1. The molecule has 3 aromatic carbocycles. The van der Waals surface area contributed by atoms with Gasteiger partial charge in [-0.05, 0) is 71.5 Å². The third-order valence-corrected chi connectivity index (χ3v) is 6.64. The summed E-state index contributed by atoms with van der Waals surface area (Å²) < 4.78 is 52.6. The highest BCUT2D eigenvalue weighted by Crippen LogP contribution is 2.26. The van der Waals surface area contributed by atoms with E-state index in [1.807, 2.05) is 36.4 Å². The van der Waals surface area contributed by atoms with E-state index >= 15 is 0 Å². The number of rotatable bonds is 9. The highest BCUT2D eigenvalue weighted by molar-refractivity contribution is 7.92. The lowest BCUT2D eigenvalue weighted by Crippen LogP contribution is -2.44. The average molecular weight is 486 g/mol. The van der Waals surface area contributed by atoms with Crippen LogP contribution in [0, 0.1) is 11.6 Å². The number of fused-ring (bicyclic) bond motifs is 1. The molecule has 0 bridgehead atoms. The van der Waals surface area contributed by atoms with E-state index in [9.17, 15) is 17.2 Å². The Bertz CT molecular complexity index is 1230. The molecule has 0 radical (unpaired) electrons. The fourth-order valence-electron chi connectivity index (χ4n) is 4.44. The molecule has 0 saturated carbocycles. The van der Waals surface area contributed by atoms with Gasteiger partial charge in [0.25, 0.3) is 0 Å². The first-order valence-corrected chi connectivity index (χ1v) is 13.2. The van der Waals surface area contributed by atoms with Gasteiger partial charge in [-0.15, -0.1) is 0 Å². The number of hydrogen-bond acceptors (Lipinski definition) is 4. The fourth-order valence-corrected chi connectivity index (χ4v) is 5.00. The van der Waals surface area contributed by atoms with Crippen LogP contribution >= 0.6 is 0 Å². The number of sulfonamides is 1. The van der Waals surface area contributed by atoms with Gasteiger partial charge in [0.2, 0.25) is 10.0 Å². The maximum Gasteiger partial charge on any atom is 0.229 e. The summed E-state index contributed by atoms with van der Waals surface area (Å²) >= 11 is 0. The smallest absolute Gasteiger partial charge is 0.229 e. The molecular weight excluding hydrogens is 456 g/mol. The summed E-state index contributed by atoms with van der Waals surface area (Å²) in [5.74, 6) is -0.471. The lowest BCUT2D eigenvalue weighted by Gasteiger charge is -2.37. The first-order chi connectivity index (χ1) is 16.2. The van der Waals surface area contributed by atoms with E-state index in [-0.39, 0.29) is 17.7 Å². The van der Waals surface area contributed by atoms with Crippen LogP contribution in [0.25, 0.3) is 0 Å². The number of anilines is 1. The molecule has 1 unspecified atom stereocenters. The molecule has 0 fully saturated rings. The van der Waals surface area contributed by atoms with Crippen LogP contribution in [0.3, 0.4) is 0 Å². The van der Waals surface area contributed by atoms with Crippen molar-refractivity contribution < 1.29 is 17.2 Å².